The van der Waals surface area contributed by atoms with Gasteiger partial charge in [-0.2, -0.15) is 0 Å². The first kappa shape index (κ1) is 18.7. The quantitative estimate of drug-likeness (QED) is 0.666. The van der Waals surface area contributed by atoms with Crippen molar-refractivity contribution < 1.29 is 9.59 Å². The second-order valence-electron chi connectivity index (χ2n) is 6.31. The Bertz CT molecular complexity index is 788. The molecule has 26 heavy (non-hydrogen) atoms. The zero-order chi connectivity index (χ0) is 18.4. The van der Waals surface area contributed by atoms with E-state index < -0.39 is 0 Å². The predicted molar refractivity (Wildman–Crippen MR) is 113 cm³/mol. The van der Waals surface area contributed by atoms with E-state index in [1.165, 1.54) is 19.3 Å². The molecule has 0 bridgehead atoms. The fourth-order valence-corrected chi connectivity index (χ4v) is 3.67. The van der Waals surface area contributed by atoms with Gasteiger partial charge in [0.2, 0.25) is 5.91 Å². The Kier molecular flexibility index (Phi) is 6.49. The van der Waals surface area contributed by atoms with Crippen molar-refractivity contribution in [3.63, 3.8) is 0 Å². The van der Waals surface area contributed by atoms with Crippen LogP contribution in [0, 0.1) is 3.57 Å². The van der Waals surface area contributed by atoms with Gasteiger partial charge in [-0.15, -0.1) is 0 Å². The largest absolute Gasteiger partial charge is 0.371 e. The molecule has 2 N–H and O–H groups in total. The molecule has 0 unspecified atom stereocenters. The standard InChI is InChI=1S/C20H22IN3O2/c21-18-10-3-2-9-17(18)20(26)22-14-19(25)23-15-7-6-8-16(13-15)24-11-4-1-5-12-24/h2-3,6-10,13H,1,4-5,11-12,14H2,(H,22,26)(H,23,25). The van der Waals surface area contributed by atoms with E-state index in [0.29, 0.717) is 5.56 Å². The van der Waals surface area contributed by atoms with Crippen molar-refractivity contribution in [2.45, 2.75) is 19.3 Å². The highest BCUT2D eigenvalue weighted by atomic mass is 127. The van der Waals surface area contributed by atoms with Gasteiger partial charge in [0.25, 0.3) is 5.91 Å². The van der Waals surface area contributed by atoms with Crippen LogP contribution in [0.15, 0.2) is 48.5 Å². The van der Waals surface area contributed by atoms with E-state index in [0.717, 1.165) is 28.0 Å². The topological polar surface area (TPSA) is 61.4 Å². The van der Waals surface area contributed by atoms with Crippen LogP contribution >= 0.6 is 22.6 Å². The normalized spacial score (nSPS) is 14.0. The summed E-state index contributed by atoms with van der Waals surface area (Å²) in [7, 11) is 0. The van der Waals surface area contributed by atoms with Crippen molar-refractivity contribution in [3.05, 3.63) is 57.7 Å². The molecule has 2 amide bonds. The van der Waals surface area contributed by atoms with Crippen molar-refractivity contribution in [1.82, 2.24) is 5.32 Å². The SMILES string of the molecule is O=C(CNC(=O)c1ccccc1I)Nc1cccc(N2CCCCC2)c1. The third-order valence-electron chi connectivity index (χ3n) is 4.38. The summed E-state index contributed by atoms with van der Waals surface area (Å²) in [5, 5.41) is 5.53. The summed E-state index contributed by atoms with van der Waals surface area (Å²) in [5.41, 5.74) is 2.46. The highest BCUT2D eigenvalue weighted by Gasteiger charge is 2.13. The second kappa shape index (κ2) is 9.02. The minimum Gasteiger partial charge on any atom is -0.371 e. The zero-order valence-corrected chi connectivity index (χ0v) is 16.7. The van der Waals surface area contributed by atoms with Gasteiger partial charge in [-0.25, -0.2) is 0 Å². The molecule has 0 saturated carbocycles. The number of carbonyl (C=O) groups is 2. The third kappa shape index (κ3) is 4.97. The molecule has 136 valence electrons. The first-order chi connectivity index (χ1) is 12.6. The maximum absolute atomic E-state index is 12.2. The van der Waals surface area contributed by atoms with Crippen molar-refractivity contribution in [1.29, 1.82) is 0 Å². The van der Waals surface area contributed by atoms with E-state index in [1.807, 2.05) is 36.4 Å². The molecule has 1 fully saturated rings. The van der Waals surface area contributed by atoms with Crippen molar-refractivity contribution in [2.75, 3.05) is 29.9 Å². The number of benzene rings is 2. The summed E-state index contributed by atoms with van der Waals surface area (Å²) in [4.78, 5) is 26.7. The van der Waals surface area contributed by atoms with Gasteiger partial charge in [-0.1, -0.05) is 18.2 Å². The summed E-state index contributed by atoms with van der Waals surface area (Å²) in [6.07, 6.45) is 3.70. The molecule has 1 aliphatic heterocycles. The number of nitrogens with one attached hydrogen (secondary N) is 2. The van der Waals surface area contributed by atoms with Crippen LogP contribution in [0.5, 0.6) is 0 Å². The van der Waals surface area contributed by atoms with E-state index >= 15 is 0 Å². The molecule has 0 spiro atoms. The van der Waals surface area contributed by atoms with Gasteiger partial charge < -0.3 is 15.5 Å². The number of hydrogen-bond acceptors (Lipinski definition) is 3. The molecule has 3 rings (SSSR count). The predicted octanol–water partition coefficient (Wildman–Crippen LogP) is 3.65. The van der Waals surface area contributed by atoms with Gasteiger partial charge in [0, 0.05) is 28.0 Å². The fraction of sp³-hybridized carbons (Fsp3) is 0.300. The molecule has 1 aliphatic rings. The minimum absolute atomic E-state index is 0.0578. The number of hydrogen-bond donors (Lipinski definition) is 2. The van der Waals surface area contributed by atoms with Crippen molar-refractivity contribution >= 4 is 45.8 Å². The Morgan fingerprint density at radius 1 is 1.00 bits per heavy atom. The maximum atomic E-state index is 12.2. The molecule has 2 aromatic rings. The Morgan fingerprint density at radius 2 is 1.77 bits per heavy atom. The van der Waals surface area contributed by atoms with Crippen molar-refractivity contribution in [2.24, 2.45) is 0 Å². The van der Waals surface area contributed by atoms with E-state index in [4.69, 9.17) is 0 Å². The van der Waals surface area contributed by atoms with E-state index in [-0.39, 0.29) is 18.4 Å². The third-order valence-corrected chi connectivity index (χ3v) is 5.32. The molecular formula is C20H22IN3O2. The van der Waals surface area contributed by atoms with Gasteiger partial charge in [0.05, 0.1) is 12.1 Å². The van der Waals surface area contributed by atoms with Crippen LogP contribution in [0.2, 0.25) is 0 Å². The lowest BCUT2D eigenvalue weighted by molar-refractivity contribution is -0.115. The second-order valence-corrected chi connectivity index (χ2v) is 7.47. The smallest absolute Gasteiger partial charge is 0.252 e. The zero-order valence-electron chi connectivity index (χ0n) is 14.5. The molecular weight excluding hydrogens is 441 g/mol. The van der Waals surface area contributed by atoms with Gasteiger partial charge >= 0.3 is 0 Å². The Labute approximate surface area is 167 Å². The minimum atomic E-state index is -0.243. The molecule has 2 aromatic carbocycles. The molecule has 0 aliphatic carbocycles. The highest BCUT2D eigenvalue weighted by Crippen LogP contribution is 2.23. The summed E-state index contributed by atoms with van der Waals surface area (Å²) >= 11 is 2.11. The van der Waals surface area contributed by atoms with Gasteiger partial charge in [0.1, 0.15) is 0 Å². The molecule has 1 heterocycles. The summed E-state index contributed by atoms with van der Waals surface area (Å²) in [5.74, 6) is -0.479. The average Bonchev–Trinajstić information content (AvgIpc) is 2.67. The van der Waals surface area contributed by atoms with Gasteiger partial charge in [0.15, 0.2) is 0 Å². The van der Waals surface area contributed by atoms with Crippen LogP contribution in [0.1, 0.15) is 29.6 Å². The monoisotopic (exact) mass is 463 g/mol. The van der Waals surface area contributed by atoms with Crippen LogP contribution in [0.25, 0.3) is 0 Å². The summed E-state index contributed by atoms with van der Waals surface area (Å²) in [6, 6.07) is 15.2. The first-order valence-corrected chi connectivity index (χ1v) is 9.89. The Balaban J connectivity index is 1.55. The number of rotatable bonds is 5. The summed E-state index contributed by atoms with van der Waals surface area (Å²) < 4.78 is 0.859. The summed E-state index contributed by atoms with van der Waals surface area (Å²) in [6.45, 7) is 2.06. The lowest BCUT2D eigenvalue weighted by atomic mass is 10.1. The van der Waals surface area contributed by atoms with Crippen LogP contribution in [0.3, 0.4) is 0 Å². The molecule has 0 atom stereocenters. The molecule has 0 aromatic heterocycles. The number of anilines is 2. The van der Waals surface area contributed by atoms with Crippen LogP contribution < -0.4 is 15.5 Å². The molecule has 6 heteroatoms. The first-order valence-electron chi connectivity index (χ1n) is 8.81. The maximum Gasteiger partial charge on any atom is 0.252 e. The van der Waals surface area contributed by atoms with E-state index in [2.05, 4.69) is 44.2 Å². The Hall–Kier alpha value is -2.09. The number of carbonyl (C=O) groups excluding carboxylic acids is 2. The van der Waals surface area contributed by atoms with E-state index in [1.54, 1.807) is 6.07 Å². The number of nitrogens with zero attached hydrogens (tertiary/aromatic N) is 1. The molecule has 5 nitrogen and oxygen atoms in total. The van der Waals surface area contributed by atoms with Crippen molar-refractivity contribution in [3.8, 4) is 0 Å². The Morgan fingerprint density at radius 3 is 2.54 bits per heavy atom. The van der Waals surface area contributed by atoms with Crippen LogP contribution in [-0.4, -0.2) is 31.4 Å². The number of amides is 2. The number of piperidine rings is 1. The van der Waals surface area contributed by atoms with Crippen LogP contribution in [0.4, 0.5) is 11.4 Å². The lowest BCUT2D eigenvalue weighted by Crippen LogP contribution is -2.33. The van der Waals surface area contributed by atoms with Gasteiger partial charge in [-0.05, 0) is 72.2 Å². The van der Waals surface area contributed by atoms with Gasteiger partial charge in [-0.3, -0.25) is 9.59 Å². The van der Waals surface area contributed by atoms with E-state index in [9.17, 15) is 9.59 Å². The number of halogens is 1. The highest BCUT2D eigenvalue weighted by molar-refractivity contribution is 14.1. The molecule has 0 radical (unpaired) electrons. The molecule has 1 saturated heterocycles. The van der Waals surface area contributed by atoms with Crippen LogP contribution in [-0.2, 0) is 4.79 Å². The average molecular weight is 463 g/mol. The lowest BCUT2D eigenvalue weighted by Gasteiger charge is -2.29. The fourth-order valence-electron chi connectivity index (χ4n) is 3.04.